The van der Waals surface area contributed by atoms with Crippen LogP contribution in [0.4, 0.5) is 5.69 Å². The number of carboxylic acids is 1. The van der Waals surface area contributed by atoms with Gasteiger partial charge in [0.1, 0.15) is 10.7 Å². The van der Waals surface area contributed by atoms with Crippen LogP contribution in [-0.2, 0) is 9.53 Å². The number of hydrogen-bond donors (Lipinski definition) is 2. The molecule has 0 radical (unpaired) electrons. The molecule has 0 saturated heterocycles. The average Bonchev–Trinajstić information content (AvgIpc) is 2.41. The number of aromatic carboxylic acids is 1. The largest absolute Gasteiger partial charge is 0.496 e. The minimum Gasteiger partial charge on any atom is -0.496 e. The summed E-state index contributed by atoms with van der Waals surface area (Å²) in [6.45, 7) is 4.16. The molecule has 0 aromatic heterocycles. The molecule has 20 heavy (non-hydrogen) atoms. The number of carbonyl (C=O) groups is 2. The second kappa shape index (κ2) is 6.00. The van der Waals surface area contributed by atoms with Gasteiger partial charge in [0.05, 0.1) is 12.2 Å². The highest BCUT2D eigenvalue weighted by Crippen LogP contribution is 2.27. The van der Waals surface area contributed by atoms with E-state index in [0.29, 0.717) is 23.0 Å². The van der Waals surface area contributed by atoms with Gasteiger partial charge in [0, 0.05) is 11.4 Å². The van der Waals surface area contributed by atoms with Gasteiger partial charge in [-0.25, -0.2) is 4.79 Å². The van der Waals surface area contributed by atoms with E-state index in [1.165, 1.54) is 23.9 Å². The third-order valence-electron chi connectivity index (χ3n) is 2.91. The Kier molecular flexibility index (Phi) is 4.34. The standard InChI is InChI=1S/C14H15NO4S/c1-8-3-4-10(14(17)18)7-11(8)15-13(16)12-9(2)19-5-6-20-12/h3-4,7H,5-6H2,1-2H3,(H,15,16)(H,17,18). The number of hydrogen-bond acceptors (Lipinski definition) is 4. The molecule has 1 heterocycles. The van der Waals surface area contributed by atoms with Crippen LogP contribution in [0.15, 0.2) is 28.9 Å². The topological polar surface area (TPSA) is 75.6 Å². The number of ether oxygens (including phenoxy) is 1. The van der Waals surface area contributed by atoms with Crippen LogP contribution in [0.3, 0.4) is 0 Å². The molecular formula is C14H15NO4S. The first-order chi connectivity index (χ1) is 9.49. The van der Waals surface area contributed by atoms with E-state index >= 15 is 0 Å². The molecule has 0 aliphatic carbocycles. The number of benzene rings is 1. The van der Waals surface area contributed by atoms with Gasteiger partial charge in [0.25, 0.3) is 5.91 Å². The van der Waals surface area contributed by atoms with Gasteiger partial charge in [-0.3, -0.25) is 4.79 Å². The molecule has 0 spiro atoms. The number of amides is 1. The second-order valence-corrected chi connectivity index (χ2v) is 5.48. The van der Waals surface area contributed by atoms with Gasteiger partial charge in [0.15, 0.2) is 0 Å². The maximum Gasteiger partial charge on any atom is 0.335 e. The summed E-state index contributed by atoms with van der Waals surface area (Å²) in [4.78, 5) is 23.7. The summed E-state index contributed by atoms with van der Waals surface area (Å²) in [5.74, 6) is 0.0451. The molecule has 1 aromatic carbocycles. The minimum absolute atomic E-state index is 0.143. The van der Waals surface area contributed by atoms with Crippen molar-refractivity contribution in [2.45, 2.75) is 13.8 Å². The van der Waals surface area contributed by atoms with Crippen molar-refractivity contribution in [1.82, 2.24) is 0 Å². The normalized spacial score (nSPS) is 14.7. The summed E-state index contributed by atoms with van der Waals surface area (Å²) in [5.41, 5.74) is 1.45. The van der Waals surface area contributed by atoms with Crippen molar-refractivity contribution in [2.24, 2.45) is 0 Å². The van der Waals surface area contributed by atoms with E-state index in [4.69, 9.17) is 9.84 Å². The van der Waals surface area contributed by atoms with Crippen LogP contribution in [0, 0.1) is 6.92 Å². The molecule has 2 rings (SSSR count). The van der Waals surface area contributed by atoms with E-state index in [2.05, 4.69) is 5.32 Å². The van der Waals surface area contributed by atoms with E-state index in [0.717, 1.165) is 11.3 Å². The van der Waals surface area contributed by atoms with Crippen LogP contribution in [0.25, 0.3) is 0 Å². The zero-order valence-corrected chi connectivity index (χ0v) is 12.0. The minimum atomic E-state index is -1.02. The van der Waals surface area contributed by atoms with Crippen LogP contribution in [0.1, 0.15) is 22.8 Å². The molecule has 0 fully saturated rings. The molecule has 1 aliphatic heterocycles. The lowest BCUT2D eigenvalue weighted by Gasteiger charge is -2.18. The Bertz CT molecular complexity index is 595. The van der Waals surface area contributed by atoms with Gasteiger partial charge in [-0.1, -0.05) is 6.07 Å². The Morgan fingerprint density at radius 2 is 2.10 bits per heavy atom. The Morgan fingerprint density at radius 3 is 2.75 bits per heavy atom. The number of nitrogens with one attached hydrogen (secondary N) is 1. The number of carboxylic acid groups (broad SMARTS) is 1. The fourth-order valence-corrected chi connectivity index (χ4v) is 2.61. The van der Waals surface area contributed by atoms with Crippen LogP contribution in [-0.4, -0.2) is 29.3 Å². The van der Waals surface area contributed by atoms with Gasteiger partial charge in [-0.2, -0.15) is 0 Å². The monoisotopic (exact) mass is 293 g/mol. The van der Waals surface area contributed by atoms with Gasteiger partial charge < -0.3 is 15.2 Å². The lowest BCUT2D eigenvalue weighted by Crippen LogP contribution is -2.19. The lowest BCUT2D eigenvalue weighted by atomic mass is 10.1. The first-order valence-corrected chi connectivity index (χ1v) is 7.09. The van der Waals surface area contributed by atoms with Crippen molar-refractivity contribution in [1.29, 1.82) is 0 Å². The third kappa shape index (κ3) is 3.14. The molecule has 6 heteroatoms. The summed E-state index contributed by atoms with van der Waals surface area (Å²) in [7, 11) is 0. The Balaban J connectivity index is 2.23. The van der Waals surface area contributed by atoms with Crippen LogP contribution in [0.5, 0.6) is 0 Å². The lowest BCUT2D eigenvalue weighted by molar-refractivity contribution is -0.112. The number of thioether (sulfide) groups is 1. The maximum atomic E-state index is 12.2. The number of aryl methyl sites for hydroxylation is 1. The van der Waals surface area contributed by atoms with Crippen LogP contribution in [0.2, 0.25) is 0 Å². The van der Waals surface area contributed by atoms with Crippen molar-refractivity contribution in [3.05, 3.63) is 40.0 Å². The predicted octanol–water partition coefficient (Wildman–Crippen LogP) is 2.63. The first-order valence-electron chi connectivity index (χ1n) is 6.11. The molecule has 5 nitrogen and oxygen atoms in total. The Morgan fingerprint density at radius 1 is 1.35 bits per heavy atom. The fraction of sp³-hybridized carbons (Fsp3) is 0.286. The molecule has 0 unspecified atom stereocenters. The van der Waals surface area contributed by atoms with E-state index in [1.54, 1.807) is 13.0 Å². The molecule has 0 saturated carbocycles. The quantitative estimate of drug-likeness (QED) is 0.896. The van der Waals surface area contributed by atoms with E-state index in [-0.39, 0.29) is 11.5 Å². The van der Waals surface area contributed by atoms with Crippen LogP contribution >= 0.6 is 11.8 Å². The van der Waals surface area contributed by atoms with E-state index < -0.39 is 5.97 Å². The number of rotatable bonds is 3. The molecule has 2 N–H and O–H groups in total. The van der Waals surface area contributed by atoms with Gasteiger partial charge >= 0.3 is 5.97 Å². The average molecular weight is 293 g/mol. The Labute approximate surface area is 121 Å². The van der Waals surface area contributed by atoms with Crippen molar-refractivity contribution in [3.8, 4) is 0 Å². The summed E-state index contributed by atoms with van der Waals surface area (Å²) < 4.78 is 5.35. The predicted molar refractivity (Wildman–Crippen MR) is 77.9 cm³/mol. The van der Waals surface area contributed by atoms with Crippen molar-refractivity contribution in [2.75, 3.05) is 17.7 Å². The van der Waals surface area contributed by atoms with E-state index in [9.17, 15) is 9.59 Å². The molecular weight excluding hydrogens is 278 g/mol. The SMILES string of the molecule is CC1=C(C(=O)Nc2cc(C(=O)O)ccc2C)SCCO1. The third-order valence-corrected chi connectivity index (χ3v) is 4.04. The first kappa shape index (κ1) is 14.5. The second-order valence-electron chi connectivity index (χ2n) is 4.37. The zero-order chi connectivity index (χ0) is 14.7. The van der Waals surface area contributed by atoms with Crippen molar-refractivity contribution < 1.29 is 19.4 Å². The Hall–Kier alpha value is -1.95. The van der Waals surface area contributed by atoms with Gasteiger partial charge in [-0.05, 0) is 31.5 Å². The number of anilines is 1. The summed E-state index contributed by atoms with van der Waals surface area (Å²) >= 11 is 1.44. The highest BCUT2D eigenvalue weighted by molar-refractivity contribution is 8.04. The molecule has 0 bridgehead atoms. The van der Waals surface area contributed by atoms with Crippen molar-refractivity contribution >= 4 is 29.3 Å². The van der Waals surface area contributed by atoms with Gasteiger partial charge in [0.2, 0.25) is 0 Å². The highest BCUT2D eigenvalue weighted by atomic mass is 32.2. The van der Waals surface area contributed by atoms with E-state index in [1.807, 2.05) is 6.92 Å². The highest BCUT2D eigenvalue weighted by Gasteiger charge is 2.19. The molecule has 0 atom stereocenters. The zero-order valence-electron chi connectivity index (χ0n) is 11.2. The van der Waals surface area contributed by atoms with Crippen LogP contribution < -0.4 is 5.32 Å². The maximum absolute atomic E-state index is 12.2. The number of allylic oxidation sites excluding steroid dienone is 1. The summed E-state index contributed by atoms with van der Waals surface area (Å²) in [5, 5.41) is 11.7. The summed E-state index contributed by atoms with van der Waals surface area (Å²) in [6, 6.07) is 4.64. The van der Waals surface area contributed by atoms with Crippen molar-refractivity contribution in [3.63, 3.8) is 0 Å². The fourth-order valence-electron chi connectivity index (χ4n) is 1.80. The van der Waals surface area contributed by atoms with Gasteiger partial charge in [-0.15, -0.1) is 11.8 Å². The molecule has 106 valence electrons. The number of carbonyl (C=O) groups excluding carboxylic acids is 1. The summed E-state index contributed by atoms with van der Waals surface area (Å²) in [6.07, 6.45) is 0. The molecule has 1 amide bonds. The smallest absolute Gasteiger partial charge is 0.335 e. The molecule has 1 aliphatic rings. The molecule has 1 aromatic rings.